The summed E-state index contributed by atoms with van der Waals surface area (Å²) in [4.78, 5) is 15.4. The number of carbonyl (C=O) groups is 1. The summed E-state index contributed by atoms with van der Waals surface area (Å²) in [6.45, 7) is 0.477. The van der Waals surface area contributed by atoms with Crippen LogP contribution in [0.4, 0.5) is 13.2 Å². The van der Waals surface area contributed by atoms with E-state index in [2.05, 4.69) is 4.99 Å². The lowest BCUT2D eigenvalue weighted by Crippen LogP contribution is -2.16. The number of halogens is 3. The average molecular weight is 377 g/mol. The van der Waals surface area contributed by atoms with Gasteiger partial charge >= 0.3 is 12.1 Å². The van der Waals surface area contributed by atoms with E-state index >= 15 is 0 Å². The predicted molar refractivity (Wildman–Crippen MR) is 95.9 cm³/mol. The number of aliphatic carboxylic acids is 1. The highest BCUT2D eigenvalue weighted by molar-refractivity contribution is 5.91. The van der Waals surface area contributed by atoms with Crippen LogP contribution in [0.25, 0.3) is 5.57 Å². The second-order valence-electron chi connectivity index (χ2n) is 6.36. The quantitative estimate of drug-likeness (QED) is 0.839. The number of benzene rings is 1. The summed E-state index contributed by atoms with van der Waals surface area (Å²) < 4.78 is 45.9. The van der Waals surface area contributed by atoms with E-state index in [9.17, 15) is 18.0 Å². The van der Waals surface area contributed by atoms with E-state index in [-0.39, 0.29) is 23.7 Å². The lowest BCUT2D eigenvalue weighted by atomic mass is 9.87. The van der Waals surface area contributed by atoms with Gasteiger partial charge in [-0.15, -0.1) is 0 Å². The number of carboxylic acids is 1. The van der Waals surface area contributed by atoms with Gasteiger partial charge in [-0.1, -0.05) is 24.3 Å². The lowest BCUT2D eigenvalue weighted by Gasteiger charge is -2.21. The van der Waals surface area contributed by atoms with Crippen molar-refractivity contribution in [1.82, 2.24) is 0 Å². The minimum Gasteiger partial charge on any atom is -0.496 e. The van der Waals surface area contributed by atoms with E-state index in [1.165, 1.54) is 25.5 Å². The van der Waals surface area contributed by atoms with Crippen molar-refractivity contribution in [2.45, 2.75) is 19.0 Å². The van der Waals surface area contributed by atoms with Gasteiger partial charge in [0.1, 0.15) is 5.75 Å². The fraction of sp³-hybridized carbons (Fsp3) is 0.300. The lowest BCUT2D eigenvalue weighted by molar-refractivity contribution is -0.138. The third-order valence-electron chi connectivity index (χ3n) is 4.59. The van der Waals surface area contributed by atoms with Crippen molar-refractivity contribution in [2.24, 2.45) is 10.9 Å². The van der Waals surface area contributed by atoms with E-state index in [0.29, 0.717) is 29.7 Å². The van der Waals surface area contributed by atoms with E-state index in [1.54, 1.807) is 18.2 Å². The van der Waals surface area contributed by atoms with E-state index in [0.717, 1.165) is 6.07 Å². The molecular formula is C20H18F3NO3. The van der Waals surface area contributed by atoms with Crippen LogP contribution in [0, 0.1) is 5.92 Å². The molecule has 1 aromatic carbocycles. The van der Waals surface area contributed by atoms with Gasteiger partial charge in [-0.2, -0.15) is 13.2 Å². The fourth-order valence-corrected chi connectivity index (χ4v) is 3.41. The van der Waals surface area contributed by atoms with Crippen LogP contribution in [-0.4, -0.2) is 30.9 Å². The molecule has 0 fully saturated rings. The fourth-order valence-electron chi connectivity index (χ4n) is 3.41. The van der Waals surface area contributed by atoms with Crippen LogP contribution in [0.15, 0.2) is 52.6 Å². The van der Waals surface area contributed by atoms with Gasteiger partial charge in [0.25, 0.3) is 0 Å². The van der Waals surface area contributed by atoms with Crippen molar-refractivity contribution in [3.05, 3.63) is 58.7 Å². The zero-order valence-corrected chi connectivity index (χ0v) is 14.6. The van der Waals surface area contributed by atoms with Gasteiger partial charge in [0.2, 0.25) is 0 Å². The van der Waals surface area contributed by atoms with Crippen molar-refractivity contribution in [3.63, 3.8) is 0 Å². The molecule has 1 atom stereocenters. The van der Waals surface area contributed by atoms with Gasteiger partial charge in [0.05, 0.1) is 19.1 Å². The maximum Gasteiger partial charge on any atom is 0.417 e. The highest BCUT2D eigenvalue weighted by Gasteiger charge is 2.36. The summed E-state index contributed by atoms with van der Waals surface area (Å²) in [5.74, 6) is -0.948. The number of hydrogen-bond donors (Lipinski definition) is 1. The molecule has 3 rings (SSSR count). The largest absolute Gasteiger partial charge is 0.496 e. The number of allylic oxidation sites excluding steroid dienone is 4. The first-order chi connectivity index (χ1) is 12.8. The van der Waals surface area contributed by atoms with Gasteiger partial charge in [-0.05, 0) is 35.3 Å². The molecule has 27 heavy (non-hydrogen) atoms. The second kappa shape index (κ2) is 7.42. The maximum absolute atomic E-state index is 13.6. The number of ether oxygens (including phenoxy) is 1. The van der Waals surface area contributed by atoms with Crippen molar-refractivity contribution < 1.29 is 27.8 Å². The Labute approximate surface area is 154 Å². The Balaban J connectivity index is 2.22. The Morgan fingerprint density at radius 1 is 1.37 bits per heavy atom. The summed E-state index contributed by atoms with van der Waals surface area (Å²) in [5.41, 5.74) is 0.737. The second-order valence-corrected chi connectivity index (χ2v) is 6.36. The van der Waals surface area contributed by atoms with Crippen LogP contribution in [0.2, 0.25) is 0 Å². The first-order valence-electron chi connectivity index (χ1n) is 8.38. The number of rotatable bonds is 4. The molecule has 0 amide bonds. The number of carboxylic acid groups (broad SMARTS) is 1. The molecule has 4 nitrogen and oxygen atoms in total. The molecule has 1 heterocycles. The number of aliphatic imine (C=N–C) groups is 1. The van der Waals surface area contributed by atoms with E-state index < -0.39 is 17.7 Å². The number of hydrogen-bond acceptors (Lipinski definition) is 3. The minimum absolute atomic E-state index is 0.0471. The highest BCUT2D eigenvalue weighted by Crippen LogP contribution is 2.42. The van der Waals surface area contributed by atoms with Crippen LogP contribution in [0.5, 0.6) is 5.75 Å². The standard InChI is InChI=1S/C20H18F3NO3/c1-27-17-7-3-6-16(20(21,22)23)19(17)12-4-2-5-13-10-24-11-14(9-18(25)26)15(13)8-12/h2-4,6-8,11,13H,5,9-10H2,1H3,(H,25,26). The zero-order chi connectivity index (χ0) is 19.6. The number of dihydropyridines is 1. The third kappa shape index (κ3) is 3.97. The first-order valence-corrected chi connectivity index (χ1v) is 8.38. The summed E-state index contributed by atoms with van der Waals surface area (Å²) in [5, 5.41) is 9.14. The van der Waals surface area contributed by atoms with Crippen LogP contribution in [0.3, 0.4) is 0 Å². The Hall–Kier alpha value is -2.83. The molecule has 0 saturated heterocycles. The molecule has 1 aliphatic heterocycles. The molecule has 1 N–H and O–H groups in total. The van der Waals surface area contributed by atoms with Crippen molar-refractivity contribution in [2.75, 3.05) is 13.7 Å². The molecule has 2 aliphatic rings. The Morgan fingerprint density at radius 2 is 2.15 bits per heavy atom. The predicted octanol–water partition coefficient (Wildman–Crippen LogP) is 4.53. The SMILES string of the molecule is COc1cccc(C(F)(F)F)c1C1=CC2=C(CC(=O)O)C=NCC2CC=C1. The number of fused-ring (bicyclic) bond motifs is 1. The van der Waals surface area contributed by atoms with Crippen LogP contribution in [0.1, 0.15) is 24.0 Å². The van der Waals surface area contributed by atoms with Gasteiger partial charge in [-0.25, -0.2) is 0 Å². The highest BCUT2D eigenvalue weighted by atomic mass is 19.4. The minimum atomic E-state index is -4.55. The van der Waals surface area contributed by atoms with Crippen molar-refractivity contribution in [3.8, 4) is 5.75 Å². The normalized spacial score (nSPS) is 19.4. The molecule has 0 aromatic heterocycles. The van der Waals surface area contributed by atoms with Gasteiger partial charge in [-0.3, -0.25) is 9.79 Å². The summed E-state index contributed by atoms with van der Waals surface area (Å²) in [6, 6.07) is 3.80. The number of alkyl halides is 3. The molecule has 1 aliphatic carbocycles. The molecule has 0 spiro atoms. The van der Waals surface area contributed by atoms with Crippen LogP contribution < -0.4 is 4.74 Å². The molecule has 0 bridgehead atoms. The van der Waals surface area contributed by atoms with Gasteiger partial charge in [0, 0.05) is 24.2 Å². The van der Waals surface area contributed by atoms with Crippen LogP contribution in [-0.2, 0) is 11.0 Å². The zero-order valence-electron chi connectivity index (χ0n) is 14.6. The topological polar surface area (TPSA) is 58.9 Å². The molecule has 1 aromatic rings. The molecule has 1 unspecified atom stereocenters. The molecule has 142 valence electrons. The first kappa shape index (κ1) is 18.9. The average Bonchev–Trinajstić information content (AvgIpc) is 2.83. The summed E-state index contributed by atoms with van der Waals surface area (Å²) in [7, 11) is 1.32. The molecular weight excluding hydrogens is 359 g/mol. The summed E-state index contributed by atoms with van der Waals surface area (Å²) >= 11 is 0. The third-order valence-corrected chi connectivity index (χ3v) is 4.59. The number of nitrogens with zero attached hydrogens (tertiary/aromatic N) is 1. The van der Waals surface area contributed by atoms with Crippen LogP contribution >= 0.6 is 0 Å². The van der Waals surface area contributed by atoms with Crippen molar-refractivity contribution >= 4 is 17.8 Å². The van der Waals surface area contributed by atoms with E-state index in [4.69, 9.17) is 9.84 Å². The Kier molecular flexibility index (Phi) is 5.21. The Bertz CT molecular complexity index is 879. The summed E-state index contributed by atoms with van der Waals surface area (Å²) in [6.07, 6.45) is 2.39. The van der Waals surface area contributed by atoms with Gasteiger partial charge in [0.15, 0.2) is 0 Å². The monoisotopic (exact) mass is 377 g/mol. The molecule has 0 saturated carbocycles. The maximum atomic E-state index is 13.6. The Morgan fingerprint density at radius 3 is 2.81 bits per heavy atom. The van der Waals surface area contributed by atoms with Crippen molar-refractivity contribution in [1.29, 1.82) is 0 Å². The molecule has 7 heteroatoms. The molecule has 0 radical (unpaired) electrons. The number of methoxy groups -OCH3 is 1. The van der Waals surface area contributed by atoms with E-state index in [1.807, 2.05) is 0 Å². The smallest absolute Gasteiger partial charge is 0.417 e. The van der Waals surface area contributed by atoms with Gasteiger partial charge < -0.3 is 9.84 Å².